The minimum Gasteiger partial charge on any atom is -0.465 e. The van der Waals surface area contributed by atoms with Gasteiger partial charge in [-0.25, -0.2) is 4.79 Å². The smallest absolute Gasteiger partial charge is 0.417 e. The van der Waals surface area contributed by atoms with Crippen LogP contribution < -0.4 is 5.32 Å². The number of carbonyl (C=O) groups is 1. The van der Waals surface area contributed by atoms with E-state index in [1.807, 2.05) is 0 Å². The second-order valence-electron chi connectivity index (χ2n) is 4.45. The van der Waals surface area contributed by atoms with Gasteiger partial charge in [-0.3, -0.25) is 4.68 Å². The fraction of sp³-hybridized carbons (Fsp3) is 0.308. The molecule has 0 aliphatic rings. The van der Waals surface area contributed by atoms with Gasteiger partial charge in [0.2, 0.25) is 0 Å². The molecule has 0 saturated heterocycles. The number of nitrogens with one attached hydrogen (secondary N) is 1. The van der Waals surface area contributed by atoms with Gasteiger partial charge in [-0.05, 0) is 18.2 Å². The Labute approximate surface area is 123 Å². The lowest BCUT2D eigenvalue weighted by molar-refractivity contribution is -0.138. The van der Waals surface area contributed by atoms with Crippen molar-refractivity contribution in [2.24, 2.45) is 7.05 Å². The number of nitrogens with zero attached hydrogens (tertiary/aromatic N) is 3. The molecule has 118 valence electrons. The molecule has 0 aliphatic carbocycles. The third-order valence-corrected chi connectivity index (χ3v) is 3.01. The number of carbonyl (C=O) groups excluding carboxylic acids is 1. The largest absolute Gasteiger partial charge is 0.465 e. The van der Waals surface area contributed by atoms with Gasteiger partial charge in [0.05, 0.1) is 36.7 Å². The molecule has 0 atom stereocenters. The van der Waals surface area contributed by atoms with Gasteiger partial charge in [0.1, 0.15) is 0 Å². The van der Waals surface area contributed by atoms with Gasteiger partial charge < -0.3 is 10.1 Å². The first-order valence-corrected chi connectivity index (χ1v) is 6.20. The molecular formula is C13H13F3N4O2. The molecule has 0 spiro atoms. The molecule has 2 rings (SSSR count). The Morgan fingerprint density at radius 3 is 2.68 bits per heavy atom. The molecule has 0 saturated carbocycles. The number of hydrogen-bond acceptors (Lipinski definition) is 5. The number of hydrogen-bond donors (Lipinski definition) is 1. The average molecular weight is 314 g/mol. The third-order valence-electron chi connectivity index (χ3n) is 3.01. The van der Waals surface area contributed by atoms with Gasteiger partial charge in [0.25, 0.3) is 0 Å². The van der Waals surface area contributed by atoms with Crippen LogP contribution in [0.4, 0.5) is 18.9 Å². The average Bonchev–Trinajstić information content (AvgIpc) is 2.88. The number of benzene rings is 1. The molecule has 9 heteroatoms. The molecule has 1 aromatic heterocycles. The van der Waals surface area contributed by atoms with Crippen molar-refractivity contribution in [3.8, 4) is 0 Å². The van der Waals surface area contributed by atoms with E-state index in [1.165, 1.54) is 16.9 Å². The van der Waals surface area contributed by atoms with Crippen LogP contribution in [-0.4, -0.2) is 28.1 Å². The van der Waals surface area contributed by atoms with E-state index >= 15 is 0 Å². The van der Waals surface area contributed by atoms with Crippen molar-refractivity contribution in [3.63, 3.8) is 0 Å². The quantitative estimate of drug-likeness (QED) is 0.877. The maximum absolute atomic E-state index is 12.9. The summed E-state index contributed by atoms with van der Waals surface area (Å²) in [6, 6.07) is 3.20. The van der Waals surface area contributed by atoms with Crippen molar-refractivity contribution in [1.29, 1.82) is 0 Å². The standard InChI is InChI=1S/C13H13F3N4O2/c1-20-9(7-18-19-20)6-17-8-3-4-11(13(14,15)16)10(5-8)12(21)22-2/h3-5,7,17H,6H2,1-2H3. The van der Waals surface area contributed by atoms with Crippen LogP contribution in [0, 0.1) is 0 Å². The minimum atomic E-state index is -4.63. The number of halogens is 3. The molecule has 0 amide bonds. The third kappa shape index (κ3) is 3.35. The number of aryl methyl sites for hydroxylation is 1. The van der Waals surface area contributed by atoms with Crippen LogP contribution in [0.15, 0.2) is 24.4 Å². The summed E-state index contributed by atoms with van der Waals surface area (Å²) >= 11 is 0. The number of aromatic nitrogens is 3. The number of rotatable bonds is 4. The second-order valence-corrected chi connectivity index (χ2v) is 4.45. The number of methoxy groups -OCH3 is 1. The van der Waals surface area contributed by atoms with E-state index in [-0.39, 0.29) is 0 Å². The van der Waals surface area contributed by atoms with Crippen molar-refractivity contribution in [3.05, 3.63) is 41.2 Å². The first kappa shape index (κ1) is 15.8. The summed E-state index contributed by atoms with van der Waals surface area (Å²) < 4.78 is 44.6. The highest BCUT2D eigenvalue weighted by molar-refractivity contribution is 5.92. The van der Waals surface area contributed by atoms with Crippen molar-refractivity contribution >= 4 is 11.7 Å². The lowest BCUT2D eigenvalue weighted by Crippen LogP contribution is -2.15. The number of esters is 1. The minimum absolute atomic E-state index is 0.301. The van der Waals surface area contributed by atoms with Gasteiger partial charge >= 0.3 is 12.1 Å². The molecule has 1 heterocycles. The van der Waals surface area contributed by atoms with Crippen molar-refractivity contribution in [2.75, 3.05) is 12.4 Å². The molecule has 2 aromatic rings. The molecular weight excluding hydrogens is 301 g/mol. The summed E-state index contributed by atoms with van der Waals surface area (Å²) in [6.07, 6.45) is -3.10. The fourth-order valence-corrected chi connectivity index (χ4v) is 1.84. The maximum Gasteiger partial charge on any atom is 0.417 e. The van der Waals surface area contributed by atoms with E-state index in [2.05, 4.69) is 20.4 Å². The number of anilines is 1. The summed E-state index contributed by atoms with van der Waals surface area (Å²) in [5, 5.41) is 10.3. The van der Waals surface area contributed by atoms with Crippen LogP contribution in [0.5, 0.6) is 0 Å². The van der Waals surface area contributed by atoms with E-state index in [9.17, 15) is 18.0 Å². The monoisotopic (exact) mass is 314 g/mol. The molecule has 0 radical (unpaired) electrons. The first-order chi connectivity index (χ1) is 10.3. The molecule has 1 aromatic carbocycles. The predicted octanol–water partition coefficient (Wildman–Crippen LogP) is 2.23. The Morgan fingerprint density at radius 1 is 1.41 bits per heavy atom. The highest BCUT2D eigenvalue weighted by Gasteiger charge is 2.35. The molecule has 22 heavy (non-hydrogen) atoms. The molecule has 0 unspecified atom stereocenters. The van der Waals surface area contributed by atoms with Crippen molar-refractivity contribution < 1.29 is 22.7 Å². The van der Waals surface area contributed by atoms with Gasteiger partial charge in [-0.15, -0.1) is 5.10 Å². The van der Waals surface area contributed by atoms with Crippen LogP contribution in [0.3, 0.4) is 0 Å². The zero-order valence-corrected chi connectivity index (χ0v) is 11.8. The van der Waals surface area contributed by atoms with Crippen molar-refractivity contribution in [2.45, 2.75) is 12.7 Å². The van der Waals surface area contributed by atoms with Crippen LogP contribution in [-0.2, 0) is 24.5 Å². The number of ether oxygens (including phenoxy) is 1. The predicted molar refractivity (Wildman–Crippen MR) is 71.1 cm³/mol. The van der Waals surface area contributed by atoms with Crippen molar-refractivity contribution in [1.82, 2.24) is 15.0 Å². The van der Waals surface area contributed by atoms with E-state index in [0.717, 1.165) is 24.9 Å². The van der Waals surface area contributed by atoms with Gasteiger partial charge in [-0.2, -0.15) is 13.2 Å². The topological polar surface area (TPSA) is 69.0 Å². The SMILES string of the molecule is COC(=O)c1cc(NCc2cnnn2C)ccc1C(F)(F)F. The maximum atomic E-state index is 12.9. The first-order valence-electron chi connectivity index (χ1n) is 6.20. The summed E-state index contributed by atoms with van der Waals surface area (Å²) in [6.45, 7) is 0.301. The van der Waals surface area contributed by atoms with Gasteiger partial charge in [-0.1, -0.05) is 5.21 Å². The molecule has 0 bridgehead atoms. The van der Waals surface area contributed by atoms with Crippen LogP contribution in [0.25, 0.3) is 0 Å². The summed E-state index contributed by atoms with van der Waals surface area (Å²) in [5.74, 6) is -1.04. The van der Waals surface area contributed by atoms with E-state index in [1.54, 1.807) is 7.05 Å². The van der Waals surface area contributed by atoms with Gasteiger partial charge in [0.15, 0.2) is 0 Å². The van der Waals surface area contributed by atoms with Crippen LogP contribution in [0.2, 0.25) is 0 Å². The second kappa shape index (κ2) is 6.04. The lowest BCUT2D eigenvalue weighted by atomic mass is 10.1. The van der Waals surface area contributed by atoms with E-state index in [0.29, 0.717) is 12.2 Å². The summed E-state index contributed by atoms with van der Waals surface area (Å²) in [7, 11) is 2.72. The Kier molecular flexibility index (Phi) is 4.34. The normalized spacial score (nSPS) is 11.3. The molecule has 6 nitrogen and oxygen atoms in total. The Hall–Kier alpha value is -2.58. The summed E-state index contributed by atoms with van der Waals surface area (Å²) in [4.78, 5) is 11.5. The van der Waals surface area contributed by atoms with Crippen LogP contribution in [0.1, 0.15) is 21.6 Å². The molecule has 0 fully saturated rings. The van der Waals surface area contributed by atoms with Gasteiger partial charge in [0, 0.05) is 12.7 Å². The zero-order valence-electron chi connectivity index (χ0n) is 11.8. The lowest BCUT2D eigenvalue weighted by Gasteiger charge is -2.14. The Morgan fingerprint density at radius 2 is 2.14 bits per heavy atom. The highest BCUT2D eigenvalue weighted by Crippen LogP contribution is 2.33. The van der Waals surface area contributed by atoms with E-state index in [4.69, 9.17) is 0 Å². The van der Waals surface area contributed by atoms with E-state index < -0.39 is 23.3 Å². The fourth-order valence-electron chi connectivity index (χ4n) is 1.84. The molecule has 1 N–H and O–H groups in total. The Balaban J connectivity index is 2.27. The highest BCUT2D eigenvalue weighted by atomic mass is 19.4. The zero-order chi connectivity index (χ0) is 16.3. The van der Waals surface area contributed by atoms with Crippen LogP contribution >= 0.6 is 0 Å². The Bertz CT molecular complexity index is 682. The molecule has 0 aliphatic heterocycles. The summed E-state index contributed by atoms with van der Waals surface area (Å²) in [5.41, 5.74) is -0.482. The number of alkyl halides is 3.